The number of nitrogens with zero attached hydrogens (tertiary/aromatic N) is 3. The zero-order valence-electron chi connectivity index (χ0n) is 19.6. The van der Waals surface area contributed by atoms with Crippen LogP contribution in [0.5, 0.6) is 0 Å². The van der Waals surface area contributed by atoms with Crippen LogP contribution in [0.15, 0.2) is 65.8 Å². The minimum Gasteiger partial charge on any atom is -0.283 e. The summed E-state index contributed by atoms with van der Waals surface area (Å²) in [5.41, 5.74) is 4.83. The van der Waals surface area contributed by atoms with E-state index in [0.29, 0.717) is 11.7 Å². The van der Waals surface area contributed by atoms with E-state index in [9.17, 15) is 13.2 Å². The van der Waals surface area contributed by atoms with Crippen LogP contribution in [0.4, 0.5) is 5.13 Å². The van der Waals surface area contributed by atoms with Crippen molar-refractivity contribution in [3.63, 3.8) is 0 Å². The maximum atomic E-state index is 13.5. The normalized spacial score (nSPS) is 11.8. The van der Waals surface area contributed by atoms with Crippen molar-refractivity contribution >= 4 is 42.4 Å². The largest absolute Gasteiger partial charge is 0.283 e. The number of thiazole rings is 1. The van der Waals surface area contributed by atoms with E-state index in [4.69, 9.17) is 4.98 Å². The maximum absolute atomic E-state index is 13.5. The van der Waals surface area contributed by atoms with Crippen LogP contribution in [0, 0.1) is 13.8 Å². The third-order valence-electron chi connectivity index (χ3n) is 5.90. The molecule has 176 valence electrons. The molecule has 6 nitrogen and oxygen atoms in total. The molecule has 0 bridgehead atoms. The summed E-state index contributed by atoms with van der Waals surface area (Å²) >= 11 is 1.49. The molecular weight excluding hydrogens is 466 g/mol. The number of amides is 1. The van der Waals surface area contributed by atoms with Gasteiger partial charge in [-0.3, -0.25) is 14.7 Å². The summed E-state index contributed by atoms with van der Waals surface area (Å²) in [4.78, 5) is 24.4. The van der Waals surface area contributed by atoms with Crippen molar-refractivity contribution in [2.24, 2.45) is 0 Å². The Kier molecular flexibility index (Phi) is 6.81. The third kappa shape index (κ3) is 4.88. The van der Waals surface area contributed by atoms with E-state index in [1.807, 2.05) is 25.1 Å². The lowest BCUT2D eigenvalue weighted by Gasteiger charge is -2.20. The highest BCUT2D eigenvalue weighted by Gasteiger charge is 2.23. The van der Waals surface area contributed by atoms with Gasteiger partial charge in [-0.05, 0) is 74.2 Å². The fraction of sp³-hybridized carbons (Fsp3) is 0.269. The Balaban J connectivity index is 1.65. The van der Waals surface area contributed by atoms with Gasteiger partial charge in [-0.2, -0.15) is 0 Å². The molecule has 0 spiro atoms. The van der Waals surface area contributed by atoms with Crippen molar-refractivity contribution in [1.29, 1.82) is 0 Å². The van der Waals surface area contributed by atoms with Crippen molar-refractivity contribution in [3.05, 3.63) is 83.2 Å². The average Bonchev–Trinajstić information content (AvgIpc) is 3.25. The van der Waals surface area contributed by atoms with Crippen LogP contribution in [-0.2, 0) is 27.6 Å². The van der Waals surface area contributed by atoms with E-state index in [0.717, 1.165) is 32.5 Å². The van der Waals surface area contributed by atoms with Crippen molar-refractivity contribution in [2.45, 2.75) is 50.8 Å². The first-order valence-electron chi connectivity index (χ1n) is 11.1. The van der Waals surface area contributed by atoms with E-state index in [1.54, 1.807) is 55.4 Å². The Hall–Kier alpha value is -3.10. The molecular formula is C26H27N3O3S2. The molecule has 0 unspecified atom stereocenters. The number of anilines is 1. The van der Waals surface area contributed by atoms with E-state index < -0.39 is 15.1 Å². The topological polar surface area (TPSA) is 80.2 Å². The molecule has 0 fully saturated rings. The number of pyridine rings is 1. The Morgan fingerprint density at radius 2 is 1.76 bits per heavy atom. The molecule has 4 aromatic rings. The Labute approximate surface area is 204 Å². The average molecular weight is 494 g/mol. The minimum absolute atomic E-state index is 0.114. The van der Waals surface area contributed by atoms with Gasteiger partial charge < -0.3 is 0 Å². The van der Waals surface area contributed by atoms with Gasteiger partial charge >= 0.3 is 0 Å². The van der Waals surface area contributed by atoms with E-state index in [1.165, 1.54) is 11.3 Å². The van der Waals surface area contributed by atoms with Crippen LogP contribution in [0.3, 0.4) is 0 Å². The quantitative estimate of drug-likeness (QED) is 0.351. The van der Waals surface area contributed by atoms with Gasteiger partial charge in [-0.1, -0.05) is 35.6 Å². The number of benzene rings is 2. The smallest absolute Gasteiger partial charge is 0.233 e. The van der Waals surface area contributed by atoms with E-state index in [-0.39, 0.29) is 17.2 Å². The minimum atomic E-state index is -3.36. The maximum Gasteiger partial charge on any atom is 0.233 e. The summed E-state index contributed by atoms with van der Waals surface area (Å²) in [6.07, 6.45) is 3.58. The molecule has 0 saturated carbocycles. The summed E-state index contributed by atoms with van der Waals surface area (Å²) in [7, 11) is -3.36. The number of hydrogen-bond donors (Lipinski definition) is 0. The molecule has 0 aliphatic rings. The molecule has 2 aromatic carbocycles. The molecule has 0 atom stereocenters. The van der Waals surface area contributed by atoms with Gasteiger partial charge in [0.25, 0.3) is 0 Å². The number of fused-ring (bicyclic) bond motifs is 1. The van der Waals surface area contributed by atoms with Crippen LogP contribution in [0.25, 0.3) is 10.2 Å². The van der Waals surface area contributed by atoms with E-state index >= 15 is 0 Å². The summed E-state index contributed by atoms with van der Waals surface area (Å²) in [5.74, 6) is -0.114. The fourth-order valence-electron chi connectivity index (χ4n) is 3.61. The first kappa shape index (κ1) is 24.0. The second kappa shape index (κ2) is 9.64. The number of rotatable bonds is 7. The van der Waals surface area contributed by atoms with Crippen LogP contribution >= 0.6 is 11.3 Å². The lowest BCUT2D eigenvalue weighted by atomic mass is 10.1. The van der Waals surface area contributed by atoms with Gasteiger partial charge in [-0.25, -0.2) is 13.4 Å². The van der Waals surface area contributed by atoms with Gasteiger partial charge in [0, 0.05) is 12.4 Å². The number of carbonyl (C=O) groups excluding carboxylic acids is 1. The highest BCUT2D eigenvalue weighted by molar-refractivity contribution is 7.92. The number of sulfone groups is 1. The number of aromatic nitrogens is 2. The zero-order valence-corrected chi connectivity index (χ0v) is 21.3. The predicted molar refractivity (Wildman–Crippen MR) is 137 cm³/mol. The summed E-state index contributed by atoms with van der Waals surface area (Å²) in [5, 5.41) is 0.137. The first-order chi connectivity index (χ1) is 16.2. The molecule has 34 heavy (non-hydrogen) atoms. The van der Waals surface area contributed by atoms with Gasteiger partial charge in [0.15, 0.2) is 15.0 Å². The zero-order chi connectivity index (χ0) is 24.5. The monoisotopic (exact) mass is 493 g/mol. The van der Waals surface area contributed by atoms with Crippen molar-refractivity contribution in [2.75, 3.05) is 4.90 Å². The second-order valence-corrected chi connectivity index (χ2v) is 12.1. The highest BCUT2D eigenvalue weighted by Crippen LogP contribution is 2.33. The summed E-state index contributed by atoms with van der Waals surface area (Å²) in [6, 6.07) is 14.5. The molecule has 0 aliphatic carbocycles. The van der Waals surface area contributed by atoms with Crippen LogP contribution in [-0.4, -0.2) is 29.5 Å². The molecule has 4 rings (SSSR count). The van der Waals surface area contributed by atoms with Crippen molar-refractivity contribution in [1.82, 2.24) is 9.97 Å². The Morgan fingerprint density at radius 1 is 1.03 bits per heavy atom. The Bertz CT molecular complexity index is 1430. The van der Waals surface area contributed by atoms with Crippen LogP contribution in [0.2, 0.25) is 0 Å². The lowest BCUT2D eigenvalue weighted by molar-refractivity contribution is -0.118. The highest BCUT2D eigenvalue weighted by atomic mass is 32.2. The second-order valence-electron chi connectivity index (χ2n) is 8.61. The van der Waals surface area contributed by atoms with Gasteiger partial charge in [0.2, 0.25) is 5.91 Å². The number of carbonyl (C=O) groups is 1. The molecule has 0 radical (unpaired) electrons. The Morgan fingerprint density at radius 3 is 2.41 bits per heavy atom. The van der Waals surface area contributed by atoms with Crippen LogP contribution < -0.4 is 4.90 Å². The van der Waals surface area contributed by atoms with Gasteiger partial charge in [0.1, 0.15) is 0 Å². The predicted octanol–water partition coefficient (Wildman–Crippen LogP) is 5.27. The molecule has 2 aromatic heterocycles. The van der Waals surface area contributed by atoms with Gasteiger partial charge in [-0.15, -0.1) is 0 Å². The summed E-state index contributed by atoms with van der Waals surface area (Å²) < 4.78 is 25.9. The third-order valence-corrected chi connectivity index (χ3v) is 9.11. The molecule has 0 aliphatic heterocycles. The van der Waals surface area contributed by atoms with Crippen molar-refractivity contribution in [3.8, 4) is 0 Å². The summed E-state index contributed by atoms with van der Waals surface area (Å²) in [6.45, 7) is 7.76. The fourth-order valence-corrected chi connectivity index (χ4v) is 5.71. The SMILES string of the molecule is Cc1ccc2sc(N(Cc3cccnc3)C(=O)Cc3ccc(S(=O)(=O)C(C)C)cc3)nc2c1C. The first-order valence-corrected chi connectivity index (χ1v) is 13.4. The van der Waals surface area contributed by atoms with E-state index in [2.05, 4.69) is 18.0 Å². The van der Waals surface area contributed by atoms with Gasteiger partial charge in [0.05, 0.1) is 33.3 Å². The molecule has 8 heteroatoms. The molecule has 0 saturated heterocycles. The standard InChI is InChI=1S/C26H27N3O3S2/c1-17(2)34(31,32)22-10-8-20(9-11-22)14-24(30)29(16-21-6-5-13-27-15-21)26-28-25-19(4)18(3)7-12-23(25)33-26/h5-13,15,17H,14,16H2,1-4H3. The molecule has 2 heterocycles. The molecule has 0 N–H and O–H groups in total. The number of aryl methyl sites for hydroxylation is 2. The number of hydrogen-bond acceptors (Lipinski definition) is 6. The van der Waals surface area contributed by atoms with Crippen LogP contribution in [0.1, 0.15) is 36.1 Å². The lowest BCUT2D eigenvalue weighted by Crippen LogP contribution is -2.31. The molecule has 1 amide bonds. The van der Waals surface area contributed by atoms with Crippen molar-refractivity contribution < 1.29 is 13.2 Å².